The quantitative estimate of drug-likeness (QED) is 0.266. The highest BCUT2D eigenvalue weighted by Crippen LogP contribution is 2.42. The second-order valence-electron chi connectivity index (χ2n) is 6.84. The van der Waals surface area contributed by atoms with Crippen molar-refractivity contribution in [1.82, 2.24) is 0 Å². The highest BCUT2D eigenvalue weighted by atomic mass is 127. The number of fused-ring (bicyclic) bond motifs is 2. The Balaban J connectivity index is 0.000000158. The first kappa shape index (κ1) is 21.2. The van der Waals surface area contributed by atoms with Crippen LogP contribution in [-0.2, 0) is 0 Å². The normalized spacial score (nSPS) is 10.4. The first-order valence-corrected chi connectivity index (χ1v) is 12.2. The molecule has 0 radical (unpaired) electrons. The molecule has 0 aromatic heterocycles. The number of methoxy groups -OCH3 is 2. The Morgan fingerprint density at radius 1 is 0.419 bits per heavy atom. The fraction of sp³-hybridized carbons (Fsp3) is 0.0714. The Hall–Kier alpha value is -3.05. The van der Waals surface area contributed by atoms with Crippen molar-refractivity contribution in [1.29, 1.82) is 0 Å². The zero-order valence-electron chi connectivity index (χ0n) is 17.6. The van der Waals surface area contributed by atoms with E-state index in [1.165, 1.54) is 7.14 Å². The van der Waals surface area contributed by atoms with Crippen LogP contribution in [0.5, 0.6) is 11.5 Å². The van der Waals surface area contributed by atoms with E-state index in [0.29, 0.717) is 0 Å². The van der Waals surface area contributed by atoms with Gasteiger partial charge in [0.2, 0.25) is 0 Å². The lowest BCUT2D eigenvalue weighted by Gasteiger charge is -2.14. The van der Waals surface area contributed by atoms with E-state index >= 15 is 0 Å². The molecule has 0 spiro atoms. The zero-order valence-corrected chi connectivity index (χ0v) is 19.7. The van der Waals surface area contributed by atoms with Crippen molar-refractivity contribution in [3.05, 3.63) is 116 Å². The minimum atomic E-state index is 0.0287. The van der Waals surface area contributed by atoms with E-state index in [2.05, 4.69) is 84.9 Å². The Labute approximate surface area is 193 Å². The molecule has 0 atom stereocenters. The molecular formula is C28H24IO2+. The number of halogens is 1. The molecule has 31 heavy (non-hydrogen) atoms. The smallest absolute Gasteiger partial charge is 0.357 e. The molecule has 5 aromatic carbocycles. The Kier molecular flexibility index (Phi) is 7.05. The maximum atomic E-state index is 5.58. The van der Waals surface area contributed by atoms with Crippen molar-refractivity contribution >= 4 is 21.5 Å². The van der Waals surface area contributed by atoms with Crippen LogP contribution in [0.4, 0.5) is 0 Å². The van der Waals surface area contributed by atoms with Gasteiger partial charge < -0.3 is 9.47 Å². The first-order chi connectivity index (χ1) is 15.3. The second kappa shape index (κ2) is 10.3. The van der Waals surface area contributed by atoms with Crippen molar-refractivity contribution in [2.24, 2.45) is 0 Å². The van der Waals surface area contributed by atoms with Crippen LogP contribution < -0.4 is 30.7 Å². The SMILES string of the molecule is COc1c2ccccc2c(OC)c2ccccc12.c1ccc([I+]c2ccccc2)cc1. The van der Waals surface area contributed by atoms with Gasteiger partial charge >= 0.3 is 21.2 Å². The molecule has 2 nitrogen and oxygen atoms in total. The number of rotatable bonds is 4. The molecule has 154 valence electrons. The lowest BCUT2D eigenvalue weighted by atomic mass is 10.0. The summed E-state index contributed by atoms with van der Waals surface area (Å²) >= 11 is 0.0287. The number of benzene rings is 5. The summed E-state index contributed by atoms with van der Waals surface area (Å²) in [6.45, 7) is 0. The summed E-state index contributed by atoms with van der Waals surface area (Å²) in [6, 6.07) is 37.7. The predicted molar refractivity (Wildman–Crippen MR) is 125 cm³/mol. The van der Waals surface area contributed by atoms with Crippen LogP contribution >= 0.6 is 0 Å². The highest BCUT2D eigenvalue weighted by molar-refractivity contribution is 6.11. The Morgan fingerprint density at radius 2 is 0.710 bits per heavy atom. The number of ether oxygens (including phenoxy) is 2. The molecule has 3 heteroatoms. The minimum Gasteiger partial charge on any atom is -0.495 e. The van der Waals surface area contributed by atoms with Gasteiger partial charge in [0.1, 0.15) is 11.5 Å². The molecule has 5 aromatic rings. The van der Waals surface area contributed by atoms with Gasteiger partial charge in [-0.05, 0) is 24.3 Å². The third-order valence-electron chi connectivity index (χ3n) is 4.93. The molecule has 0 unspecified atom stereocenters. The maximum absolute atomic E-state index is 5.58. The van der Waals surface area contributed by atoms with Gasteiger partial charge in [-0.15, -0.1) is 0 Å². The van der Waals surface area contributed by atoms with Crippen LogP contribution in [0.3, 0.4) is 0 Å². The van der Waals surface area contributed by atoms with Crippen molar-refractivity contribution < 1.29 is 30.7 Å². The van der Waals surface area contributed by atoms with Crippen LogP contribution in [-0.4, -0.2) is 14.2 Å². The van der Waals surface area contributed by atoms with Gasteiger partial charge in [0.15, 0.2) is 7.14 Å². The van der Waals surface area contributed by atoms with E-state index in [0.717, 1.165) is 33.0 Å². The molecular weight excluding hydrogens is 495 g/mol. The van der Waals surface area contributed by atoms with Crippen molar-refractivity contribution in [3.8, 4) is 11.5 Å². The topological polar surface area (TPSA) is 18.5 Å². The molecule has 0 aliphatic rings. The molecule has 0 fully saturated rings. The van der Waals surface area contributed by atoms with Gasteiger partial charge in [-0.25, -0.2) is 0 Å². The third kappa shape index (κ3) is 4.83. The highest BCUT2D eigenvalue weighted by Gasteiger charge is 2.14. The zero-order chi connectivity index (χ0) is 21.5. The van der Waals surface area contributed by atoms with E-state index in [9.17, 15) is 0 Å². The van der Waals surface area contributed by atoms with Gasteiger partial charge in [-0.2, -0.15) is 0 Å². The maximum Gasteiger partial charge on any atom is 0.357 e. The standard InChI is InChI=1S/C16H14O2.C12H10I/c1-17-15-11-7-3-5-9-13(11)16(18-2)14-10-6-4-8-12(14)15;1-3-7-11(8-4-1)13-12-9-5-2-6-10-12/h3-10H,1-2H3;1-10H/q;+1. The molecule has 0 saturated heterocycles. The second-order valence-corrected chi connectivity index (χ2v) is 9.87. The molecule has 0 aliphatic carbocycles. The third-order valence-corrected chi connectivity index (χ3v) is 7.61. The summed E-state index contributed by atoms with van der Waals surface area (Å²) in [5, 5.41) is 4.32. The van der Waals surface area contributed by atoms with Crippen LogP contribution in [0, 0.1) is 7.14 Å². The number of hydrogen-bond donors (Lipinski definition) is 0. The molecule has 0 heterocycles. The van der Waals surface area contributed by atoms with Gasteiger partial charge in [-0.1, -0.05) is 84.9 Å². The monoisotopic (exact) mass is 519 g/mol. The van der Waals surface area contributed by atoms with E-state index in [-0.39, 0.29) is 21.2 Å². The molecule has 0 N–H and O–H groups in total. The van der Waals surface area contributed by atoms with Crippen molar-refractivity contribution in [2.75, 3.05) is 14.2 Å². The molecule has 0 bridgehead atoms. The molecule has 0 amide bonds. The average Bonchev–Trinajstić information content (AvgIpc) is 2.84. The molecule has 5 rings (SSSR count). The largest absolute Gasteiger partial charge is 0.495 e. The summed E-state index contributed by atoms with van der Waals surface area (Å²) in [5.74, 6) is 1.81. The summed E-state index contributed by atoms with van der Waals surface area (Å²) in [7, 11) is 3.42. The van der Waals surface area contributed by atoms with Gasteiger partial charge in [0.05, 0.1) is 14.2 Å². The fourth-order valence-electron chi connectivity index (χ4n) is 3.57. The summed E-state index contributed by atoms with van der Waals surface area (Å²) in [4.78, 5) is 0. The summed E-state index contributed by atoms with van der Waals surface area (Å²) < 4.78 is 14.1. The Morgan fingerprint density at radius 3 is 1.00 bits per heavy atom. The van der Waals surface area contributed by atoms with Crippen LogP contribution in [0.2, 0.25) is 0 Å². The number of hydrogen-bond acceptors (Lipinski definition) is 2. The predicted octanol–water partition coefficient (Wildman–Crippen LogP) is 3.83. The summed E-state index contributed by atoms with van der Waals surface area (Å²) in [6.07, 6.45) is 0. The van der Waals surface area contributed by atoms with Crippen LogP contribution in [0.15, 0.2) is 109 Å². The van der Waals surface area contributed by atoms with Gasteiger partial charge in [0, 0.05) is 21.5 Å². The van der Waals surface area contributed by atoms with Crippen molar-refractivity contribution in [2.45, 2.75) is 0 Å². The first-order valence-electron chi connectivity index (χ1n) is 10.1. The summed E-state index contributed by atoms with van der Waals surface area (Å²) in [5.41, 5.74) is 0. The van der Waals surface area contributed by atoms with Crippen LogP contribution in [0.25, 0.3) is 21.5 Å². The molecule has 0 saturated carbocycles. The van der Waals surface area contributed by atoms with Gasteiger partial charge in [0.25, 0.3) is 0 Å². The average molecular weight is 519 g/mol. The lowest BCUT2D eigenvalue weighted by Crippen LogP contribution is -3.61. The lowest BCUT2D eigenvalue weighted by molar-refractivity contribution is -0.597. The Bertz CT molecular complexity index is 1110. The molecule has 0 aliphatic heterocycles. The van der Waals surface area contributed by atoms with E-state index in [1.807, 2.05) is 24.3 Å². The van der Waals surface area contributed by atoms with Crippen molar-refractivity contribution in [3.63, 3.8) is 0 Å². The fourth-order valence-corrected chi connectivity index (χ4v) is 5.84. The minimum absolute atomic E-state index is 0.0287. The van der Waals surface area contributed by atoms with Crippen LogP contribution in [0.1, 0.15) is 0 Å². The van der Waals surface area contributed by atoms with E-state index < -0.39 is 0 Å². The van der Waals surface area contributed by atoms with E-state index in [1.54, 1.807) is 14.2 Å². The van der Waals surface area contributed by atoms with E-state index in [4.69, 9.17) is 9.47 Å². The van der Waals surface area contributed by atoms with Gasteiger partial charge in [-0.3, -0.25) is 0 Å².